The van der Waals surface area contributed by atoms with Crippen LogP contribution in [0, 0.1) is 6.92 Å². The number of hydrogen-bond acceptors (Lipinski definition) is 3. The molecule has 0 spiro atoms. The molecule has 1 aromatic carbocycles. The van der Waals surface area contributed by atoms with Gasteiger partial charge in [0.1, 0.15) is 10.7 Å². The van der Waals surface area contributed by atoms with Crippen molar-refractivity contribution >= 4 is 23.1 Å². The molecule has 92 valence electrons. The molecule has 0 saturated heterocycles. The number of thiocarbonyl (C=S) groups is 1. The van der Waals surface area contributed by atoms with Gasteiger partial charge < -0.3 is 15.8 Å². The summed E-state index contributed by atoms with van der Waals surface area (Å²) in [6.07, 6.45) is 0. The fourth-order valence-corrected chi connectivity index (χ4v) is 1.43. The first kappa shape index (κ1) is 13.4. The molecule has 0 heterocycles. The van der Waals surface area contributed by atoms with Crippen LogP contribution in [0.25, 0.3) is 0 Å². The standard InChI is InChI=1S/C12H16N2O2S/c1-3-14-11(15)7-16-10-6-9(12(13)17)5-4-8(10)2/h4-6H,3,7H2,1-2H3,(H2,13,17)(H,14,15). The summed E-state index contributed by atoms with van der Waals surface area (Å²) >= 11 is 4.89. The highest BCUT2D eigenvalue weighted by Gasteiger charge is 2.06. The minimum atomic E-state index is -0.146. The third-order valence-corrected chi connectivity index (χ3v) is 2.44. The topological polar surface area (TPSA) is 64.3 Å². The molecule has 0 unspecified atom stereocenters. The summed E-state index contributed by atoms with van der Waals surface area (Å²) in [5.74, 6) is 0.481. The average molecular weight is 252 g/mol. The van der Waals surface area contributed by atoms with Crippen LogP contribution < -0.4 is 15.8 Å². The predicted molar refractivity (Wildman–Crippen MR) is 71.2 cm³/mol. The van der Waals surface area contributed by atoms with Gasteiger partial charge in [-0.05, 0) is 25.5 Å². The molecule has 0 aliphatic carbocycles. The molecule has 0 aromatic heterocycles. The molecule has 4 nitrogen and oxygen atoms in total. The van der Waals surface area contributed by atoms with E-state index in [-0.39, 0.29) is 12.5 Å². The normalized spacial score (nSPS) is 9.76. The molecule has 1 aromatic rings. The Bertz CT molecular complexity index is 433. The molecule has 1 amide bonds. The van der Waals surface area contributed by atoms with Crippen LogP contribution in [-0.4, -0.2) is 24.0 Å². The summed E-state index contributed by atoms with van der Waals surface area (Å²) in [6, 6.07) is 5.44. The number of ether oxygens (including phenoxy) is 1. The second-order valence-corrected chi connectivity index (χ2v) is 4.03. The molecule has 5 heteroatoms. The number of rotatable bonds is 5. The van der Waals surface area contributed by atoms with Gasteiger partial charge in [-0.3, -0.25) is 4.79 Å². The Balaban J connectivity index is 2.73. The summed E-state index contributed by atoms with van der Waals surface area (Å²) < 4.78 is 5.41. The lowest BCUT2D eigenvalue weighted by molar-refractivity contribution is -0.122. The van der Waals surface area contributed by atoms with Crippen molar-refractivity contribution < 1.29 is 9.53 Å². The van der Waals surface area contributed by atoms with Gasteiger partial charge in [0.05, 0.1) is 0 Å². The summed E-state index contributed by atoms with van der Waals surface area (Å²) in [5, 5.41) is 2.66. The van der Waals surface area contributed by atoms with E-state index in [0.29, 0.717) is 17.3 Å². The molecule has 17 heavy (non-hydrogen) atoms. The van der Waals surface area contributed by atoms with Crippen LogP contribution in [0.5, 0.6) is 5.75 Å². The molecular weight excluding hydrogens is 236 g/mol. The molecular formula is C12H16N2O2S. The van der Waals surface area contributed by atoms with E-state index in [2.05, 4.69) is 5.32 Å². The highest BCUT2D eigenvalue weighted by molar-refractivity contribution is 7.80. The van der Waals surface area contributed by atoms with Crippen molar-refractivity contribution in [3.8, 4) is 5.75 Å². The third kappa shape index (κ3) is 4.03. The van der Waals surface area contributed by atoms with E-state index in [1.807, 2.05) is 26.0 Å². The summed E-state index contributed by atoms with van der Waals surface area (Å²) in [6.45, 7) is 4.34. The van der Waals surface area contributed by atoms with Gasteiger partial charge in [-0.2, -0.15) is 0 Å². The third-order valence-electron chi connectivity index (χ3n) is 2.21. The fraction of sp³-hybridized carbons (Fsp3) is 0.333. The van der Waals surface area contributed by atoms with Gasteiger partial charge >= 0.3 is 0 Å². The number of benzene rings is 1. The van der Waals surface area contributed by atoms with Gasteiger partial charge in [0, 0.05) is 12.1 Å². The van der Waals surface area contributed by atoms with Gasteiger partial charge in [-0.1, -0.05) is 24.4 Å². The van der Waals surface area contributed by atoms with Crippen molar-refractivity contribution in [1.82, 2.24) is 5.32 Å². The second kappa shape index (κ2) is 6.20. The number of aryl methyl sites for hydroxylation is 1. The van der Waals surface area contributed by atoms with E-state index in [0.717, 1.165) is 11.1 Å². The van der Waals surface area contributed by atoms with Crippen LogP contribution in [0.3, 0.4) is 0 Å². The summed E-state index contributed by atoms with van der Waals surface area (Å²) in [7, 11) is 0. The Morgan fingerprint density at radius 3 is 2.82 bits per heavy atom. The maximum absolute atomic E-state index is 11.3. The number of carbonyl (C=O) groups excluding carboxylic acids is 1. The SMILES string of the molecule is CCNC(=O)COc1cc(C(N)=S)ccc1C. The summed E-state index contributed by atoms with van der Waals surface area (Å²) in [4.78, 5) is 11.6. The Labute approximate surface area is 106 Å². The van der Waals surface area contributed by atoms with Gasteiger partial charge in [-0.25, -0.2) is 0 Å². The molecule has 0 saturated carbocycles. The maximum atomic E-state index is 11.3. The zero-order valence-electron chi connectivity index (χ0n) is 9.95. The van der Waals surface area contributed by atoms with Crippen LogP contribution in [0.2, 0.25) is 0 Å². The first-order valence-corrected chi connectivity index (χ1v) is 5.75. The van der Waals surface area contributed by atoms with Crippen molar-refractivity contribution in [2.24, 2.45) is 5.73 Å². The Morgan fingerprint density at radius 2 is 2.24 bits per heavy atom. The Morgan fingerprint density at radius 1 is 1.53 bits per heavy atom. The highest BCUT2D eigenvalue weighted by atomic mass is 32.1. The van der Waals surface area contributed by atoms with Gasteiger partial charge in [0.25, 0.3) is 5.91 Å². The smallest absolute Gasteiger partial charge is 0.257 e. The van der Waals surface area contributed by atoms with Crippen molar-refractivity contribution in [3.05, 3.63) is 29.3 Å². The lowest BCUT2D eigenvalue weighted by atomic mass is 10.1. The van der Waals surface area contributed by atoms with Gasteiger partial charge in [0.15, 0.2) is 6.61 Å². The van der Waals surface area contributed by atoms with E-state index < -0.39 is 0 Å². The zero-order valence-corrected chi connectivity index (χ0v) is 10.8. The van der Waals surface area contributed by atoms with Crippen LogP contribution in [0.1, 0.15) is 18.1 Å². The van der Waals surface area contributed by atoms with Crippen LogP contribution in [0.4, 0.5) is 0 Å². The van der Waals surface area contributed by atoms with Crippen LogP contribution in [0.15, 0.2) is 18.2 Å². The summed E-state index contributed by atoms with van der Waals surface area (Å²) in [5.41, 5.74) is 7.21. The average Bonchev–Trinajstić information content (AvgIpc) is 2.28. The number of amides is 1. The number of carbonyl (C=O) groups is 1. The number of hydrogen-bond donors (Lipinski definition) is 2. The van der Waals surface area contributed by atoms with Crippen molar-refractivity contribution in [2.45, 2.75) is 13.8 Å². The number of nitrogens with two attached hydrogens (primary N) is 1. The van der Waals surface area contributed by atoms with Gasteiger partial charge in [0.2, 0.25) is 0 Å². The molecule has 1 rings (SSSR count). The molecule has 0 aliphatic rings. The van der Waals surface area contributed by atoms with E-state index in [1.165, 1.54) is 0 Å². The molecule has 0 fully saturated rings. The highest BCUT2D eigenvalue weighted by Crippen LogP contribution is 2.19. The minimum absolute atomic E-state index is 0.00450. The first-order valence-electron chi connectivity index (χ1n) is 5.34. The van der Waals surface area contributed by atoms with Crippen molar-refractivity contribution in [3.63, 3.8) is 0 Å². The Hall–Kier alpha value is -1.62. The largest absolute Gasteiger partial charge is 0.483 e. The van der Waals surface area contributed by atoms with Crippen LogP contribution >= 0.6 is 12.2 Å². The lowest BCUT2D eigenvalue weighted by Gasteiger charge is -2.10. The fourth-order valence-electron chi connectivity index (χ4n) is 1.30. The Kier molecular flexibility index (Phi) is 4.90. The molecule has 0 atom stereocenters. The monoisotopic (exact) mass is 252 g/mol. The maximum Gasteiger partial charge on any atom is 0.257 e. The molecule has 0 bridgehead atoms. The lowest BCUT2D eigenvalue weighted by Crippen LogP contribution is -2.28. The van der Waals surface area contributed by atoms with E-state index >= 15 is 0 Å². The molecule has 3 N–H and O–H groups in total. The second-order valence-electron chi connectivity index (χ2n) is 3.59. The predicted octanol–water partition coefficient (Wildman–Crippen LogP) is 1.14. The quantitative estimate of drug-likeness (QED) is 0.771. The number of nitrogens with one attached hydrogen (secondary N) is 1. The zero-order chi connectivity index (χ0) is 12.8. The molecule has 0 aliphatic heterocycles. The van der Waals surface area contributed by atoms with E-state index in [1.54, 1.807) is 6.07 Å². The van der Waals surface area contributed by atoms with E-state index in [4.69, 9.17) is 22.7 Å². The number of likely N-dealkylation sites (N-methyl/N-ethyl adjacent to an activating group) is 1. The van der Waals surface area contributed by atoms with Crippen LogP contribution in [-0.2, 0) is 4.79 Å². The van der Waals surface area contributed by atoms with E-state index in [9.17, 15) is 4.79 Å². The van der Waals surface area contributed by atoms with Gasteiger partial charge in [-0.15, -0.1) is 0 Å². The minimum Gasteiger partial charge on any atom is -0.483 e. The first-order chi connectivity index (χ1) is 8.04. The molecule has 0 radical (unpaired) electrons. The van der Waals surface area contributed by atoms with Crippen molar-refractivity contribution in [2.75, 3.05) is 13.2 Å². The van der Waals surface area contributed by atoms with Crippen molar-refractivity contribution in [1.29, 1.82) is 0 Å².